The first-order valence-electron chi connectivity index (χ1n) is 7.45. The molecule has 1 atom stereocenters. The molecule has 0 heterocycles. The van der Waals surface area contributed by atoms with Crippen LogP contribution < -0.4 is 0 Å². The fourth-order valence-corrected chi connectivity index (χ4v) is 2.27. The summed E-state index contributed by atoms with van der Waals surface area (Å²) in [5, 5.41) is 0. The van der Waals surface area contributed by atoms with Crippen molar-refractivity contribution in [2.75, 3.05) is 14.1 Å². The second-order valence-corrected chi connectivity index (χ2v) is 5.68. The number of aryl methyl sites for hydroxylation is 1. The first-order chi connectivity index (χ1) is 10.9. The lowest BCUT2D eigenvalue weighted by Gasteiger charge is -2.21. The molecule has 0 radical (unpaired) electrons. The molecule has 0 saturated carbocycles. The van der Waals surface area contributed by atoms with Crippen LogP contribution in [0.15, 0.2) is 48.5 Å². The molecule has 2 aromatic carbocycles. The van der Waals surface area contributed by atoms with Crippen LogP contribution in [-0.2, 0) is 9.53 Å². The molecule has 1 amide bonds. The molecular weight excluding hydrogens is 290 g/mol. The third kappa shape index (κ3) is 3.77. The molecule has 0 aliphatic carbocycles. The van der Waals surface area contributed by atoms with Gasteiger partial charge in [-0.05, 0) is 31.0 Å². The van der Waals surface area contributed by atoms with Crippen molar-refractivity contribution in [3.63, 3.8) is 0 Å². The topological polar surface area (TPSA) is 46.6 Å². The summed E-state index contributed by atoms with van der Waals surface area (Å²) in [7, 11) is 3.29. The van der Waals surface area contributed by atoms with E-state index in [4.69, 9.17) is 4.74 Å². The first kappa shape index (κ1) is 16.7. The van der Waals surface area contributed by atoms with E-state index in [-0.39, 0.29) is 5.91 Å². The normalized spacial score (nSPS) is 11.7. The van der Waals surface area contributed by atoms with Crippen molar-refractivity contribution >= 4 is 11.9 Å². The smallest absolute Gasteiger partial charge is 0.339 e. The molecule has 2 aromatic rings. The number of benzene rings is 2. The molecule has 0 N–H and O–H groups in total. The lowest BCUT2D eigenvalue weighted by atomic mass is 10.0. The molecule has 2 rings (SSSR count). The number of hydrogen-bond donors (Lipinski definition) is 0. The number of hydrogen-bond acceptors (Lipinski definition) is 3. The predicted molar refractivity (Wildman–Crippen MR) is 89.2 cm³/mol. The molecule has 0 bridgehead atoms. The zero-order valence-electron chi connectivity index (χ0n) is 13.9. The van der Waals surface area contributed by atoms with E-state index >= 15 is 0 Å². The second-order valence-electron chi connectivity index (χ2n) is 5.68. The Bertz CT molecular complexity index is 708. The average Bonchev–Trinajstić information content (AvgIpc) is 2.55. The van der Waals surface area contributed by atoms with Gasteiger partial charge in [-0.3, -0.25) is 4.79 Å². The van der Waals surface area contributed by atoms with E-state index in [2.05, 4.69) is 0 Å². The van der Waals surface area contributed by atoms with Crippen LogP contribution in [0.1, 0.15) is 33.2 Å². The summed E-state index contributed by atoms with van der Waals surface area (Å²) in [5.41, 5.74) is 3.01. The largest absolute Gasteiger partial charge is 0.444 e. The molecule has 0 spiro atoms. The van der Waals surface area contributed by atoms with Crippen molar-refractivity contribution in [1.82, 2.24) is 4.90 Å². The molecule has 0 saturated heterocycles. The molecule has 0 aliphatic rings. The Morgan fingerprint density at radius 2 is 1.61 bits per heavy atom. The summed E-state index contributed by atoms with van der Waals surface area (Å²) in [4.78, 5) is 26.4. The van der Waals surface area contributed by atoms with E-state index in [9.17, 15) is 9.59 Å². The van der Waals surface area contributed by atoms with Gasteiger partial charge in [-0.25, -0.2) is 4.79 Å². The number of amides is 1. The van der Waals surface area contributed by atoms with Crippen molar-refractivity contribution in [2.45, 2.75) is 20.0 Å². The zero-order chi connectivity index (χ0) is 17.0. The Morgan fingerprint density at radius 1 is 0.957 bits per heavy atom. The summed E-state index contributed by atoms with van der Waals surface area (Å²) in [6.45, 7) is 3.81. The minimum atomic E-state index is -0.946. The van der Waals surface area contributed by atoms with Gasteiger partial charge in [0.15, 0.2) is 0 Å². The monoisotopic (exact) mass is 311 g/mol. The van der Waals surface area contributed by atoms with Crippen LogP contribution in [0.4, 0.5) is 0 Å². The summed E-state index contributed by atoms with van der Waals surface area (Å²) < 4.78 is 5.55. The maximum Gasteiger partial charge on any atom is 0.339 e. The minimum Gasteiger partial charge on any atom is -0.444 e. The number of carbonyl (C=O) groups is 2. The number of ether oxygens (including phenoxy) is 1. The zero-order valence-corrected chi connectivity index (χ0v) is 13.9. The van der Waals surface area contributed by atoms with Crippen molar-refractivity contribution in [3.05, 3.63) is 70.8 Å². The highest BCUT2D eigenvalue weighted by Crippen LogP contribution is 2.23. The first-order valence-corrected chi connectivity index (χ1v) is 7.45. The molecule has 0 unspecified atom stereocenters. The van der Waals surface area contributed by atoms with Crippen molar-refractivity contribution < 1.29 is 14.3 Å². The highest BCUT2D eigenvalue weighted by atomic mass is 16.5. The molecular formula is C19H21NO3. The van der Waals surface area contributed by atoms with Crippen LogP contribution >= 0.6 is 0 Å². The number of likely N-dealkylation sites (N-methyl/N-ethyl adjacent to an activating group) is 1. The number of carbonyl (C=O) groups excluding carboxylic acids is 2. The van der Waals surface area contributed by atoms with Crippen molar-refractivity contribution in [2.24, 2.45) is 0 Å². The summed E-state index contributed by atoms with van der Waals surface area (Å²) in [5.74, 6) is -0.759. The van der Waals surface area contributed by atoms with Crippen LogP contribution in [0.25, 0.3) is 0 Å². The molecule has 23 heavy (non-hydrogen) atoms. The highest BCUT2D eigenvalue weighted by molar-refractivity contribution is 5.94. The summed E-state index contributed by atoms with van der Waals surface area (Å²) in [6, 6.07) is 14.5. The van der Waals surface area contributed by atoms with Gasteiger partial charge in [0.25, 0.3) is 5.91 Å². The van der Waals surface area contributed by atoms with Crippen LogP contribution in [0.3, 0.4) is 0 Å². The van der Waals surface area contributed by atoms with Gasteiger partial charge in [-0.1, -0.05) is 42.5 Å². The Labute approximate surface area is 136 Å². The van der Waals surface area contributed by atoms with E-state index in [1.807, 2.05) is 44.2 Å². The van der Waals surface area contributed by atoms with Gasteiger partial charge < -0.3 is 9.64 Å². The predicted octanol–water partition coefficient (Wildman–Crippen LogP) is 3.29. The maximum atomic E-state index is 12.5. The standard InChI is InChI=1S/C19H21NO3/c1-13-9-8-12-16(14(13)2)19(22)23-17(18(21)20(3)4)15-10-6-5-7-11-15/h5-12,17H,1-4H3/t17-/m1/s1. The average molecular weight is 311 g/mol. The van der Waals surface area contributed by atoms with Crippen molar-refractivity contribution in [1.29, 1.82) is 0 Å². The van der Waals surface area contributed by atoms with Crippen LogP contribution in [0.5, 0.6) is 0 Å². The van der Waals surface area contributed by atoms with Crippen LogP contribution in [-0.4, -0.2) is 30.9 Å². The van der Waals surface area contributed by atoms with Gasteiger partial charge in [0.05, 0.1) is 5.56 Å². The van der Waals surface area contributed by atoms with E-state index in [0.29, 0.717) is 11.1 Å². The van der Waals surface area contributed by atoms with Crippen LogP contribution in [0.2, 0.25) is 0 Å². The minimum absolute atomic E-state index is 0.269. The van der Waals surface area contributed by atoms with Crippen LogP contribution in [0, 0.1) is 13.8 Å². The molecule has 4 heteroatoms. The molecule has 0 fully saturated rings. The van der Waals surface area contributed by atoms with E-state index in [1.165, 1.54) is 4.90 Å². The van der Waals surface area contributed by atoms with Gasteiger partial charge >= 0.3 is 5.97 Å². The van der Waals surface area contributed by atoms with E-state index in [1.54, 1.807) is 32.3 Å². The number of esters is 1. The van der Waals surface area contributed by atoms with Gasteiger partial charge in [0.1, 0.15) is 0 Å². The summed E-state index contributed by atoms with van der Waals surface area (Å²) >= 11 is 0. The van der Waals surface area contributed by atoms with Gasteiger partial charge in [-0.15, -0.1) is 0 Å². The third-order valence-corrected chi connectivity index (χ3v) is 3.82. The Morgan fingerprint density at radius 3 is 2.22 bits per heavy atom. The van der Waals surface area contributed by atoms with Gasteiger partial charge in [0, 0.05) is 19.7 Å². The second kappa shape index (κ2) is 7.09. The molecule has 0 aromatic heterocycles. The number of rotatable bonds is 4. The fraction of sp³-hybridized carbons (Fsp3) is 0.263. The van der Waals surface area contributed by atoms with E-state index in [0.717, 1.165) is 11.1 Å². The molecule has 4 nitrogen and oxygen atoms in total. The maximum absolute atomic E-state index is 12.5. The Hall–Kier alpha value is -2.62. The van der Waals surface area contributed by atoms with Gasteiger partial charge in [0.2, 0.25) is 6.10 Å². The fourth-order valence-electron chi connectivity index (χ4n) is 2.27. The Kier molecular flexibility index (Phi) is 5.16. The number of nitrogens with zero attached hydrogens (tertiary/aromatic N) is 1. The lowest BCUT2D eigenvalue weighted by Crippen LogP contribution is -2.31. The molecule has 120 valence electrons. The summed E-state index contributed by atoms with van der Waals surface area (Å²) in [6.07, 6.45) is -0.946. The quantitative estimate of drug-likeness (QED) is 0.814. The third-order valence-electron chi connectivity index (χ3n) is 3.82. The van der Waals surface area contributed by atoms with E-state index < -0.39 is 12.1 Å². The van der Waals surface area contributed by atoms with Gasteiger partial charge in [-0.2, -0.15) is 0 Å². The lowest BCUT2D eigenvalue weighted by molar-refractivity contribution is -0.138. The molecule has 0 aliphatic heterocycles. The highest BCUT2D eigenvalue weighted by Gasteiger charge is 2.27. The van der Waals surface area contributed by atoms with Crippen molar-refractivity contribution in [3.8, 4) is 0 Å². The SMILES string of the molecule is Cc1cccc(C(=O)O[C@@H](C(=O)N(C)C)c2ccccc2)c1C. The Balaban J connectivity index is 2.33.